The Balaban J connectivity index is 2.64. The van der Waals surface area contributed by atoms with E-state index in [4.69, 9.17) is 14.6 Å². The highest BCUT2D eigenvalue weighted by molar-refractivity contribution is 5.76. The van der Waals surface area contributed by atoms with Gasteiger partial charge in [-0.3, -0.25) is 4.79 Å². The van der Waals surface area contributed by atoms with Gasteiger partial charge in [0.05, 0.1) is 18.6 Å². The Kier molecular flexibility index (Phi) is 7.28. The Bertz CT molecular complexity index is 402. The topological polar surface area (TPSA) is 105 Å². The third-order valence-electron chi connectivity index (χ3n) is 3.76. The van der Waals surface area contributed by atoms with Crippen LogP contribution in [0.15, 0.2) is 0 Å². The molecule has 7 nitrogen and oxygen atoms in total. The monoisotopic (exact) mass is 331 g/mol. The maximum absolute atomic E-state index is 11.8. The van der Waals surface area contributed by atoms with Crippen molar-refractivity contribution >= 4 is 12.1 Å². The van der Waals surface area contributed by atoms with E-state index in [1.165, 1.54) is 0 Å². The Morgan fingerprint density at radius 3 is 2.35 bits per heavy atom. The average Bonchev–Trinajstić information content (AvgIpc) is 3.22. The highest BCUT2D eigenvalue weighted by atomic mass is 16.6. The second-order valence-corrected chi connectivity index (χ2v) is 7.17. The van der Waals surface area contributed by atoms with Crippen molar-refractivity contribution in [1.29, 1.82) is 0 Å². The van der Waals surface area contributed by atoms with Crippen LogP contribution in [0.4, 0.5) is 4.79 Å². The second-order valence-electron chi connectivity index (χ2n) is 7.17. The van der Waals surface area contributed by atoms with Crippen molar-refractivity contribution in [1.82, 2.24) is 5.32 Å². The van der Waals surface area contributed by atoms with Crippen molar-refractivity contribution in [2.24, 2.45) is 11.3 Å². The minimum absolute atomic E-state index is 0.0102. The molecule has 0 saturated heterocycles. The smallest absolute Gasteiger partial charge is 0.407 e. The maximum atomic E-state index is 11.8. The number of carboxylic acids is 1. The first-order valence-electron chi connectivity index (χ1n) is 8.07. The minimum Gasteiger partial charge on any atom is -0.481 e. The molecular weight excluding hydrogens is 302 g/mol. The molecule has 0 aliphatic heterocycles. The summed E-state index contributed by atoms with van der Waals surface area (Å²) in [7, 11) is 0. The van der Waals surface area contributed by atoms with Gasteiger partial charge in [-0.25, -0.2) is 4.79 Å². The van der Waals surface area contributed by atoms with Crippen molar-refractivity contribution in [2.45, 2.75) is 52.1 Å². The van der Waals surface area contributed by atoms with Crippen LogP contribution in [0.5, 0.6) is 0 Å². The van der Waals surface area contributed by atoms with E-state index in [-0.39, 0.29) is 32.8 Å². The third kappa shape index (κ3) is 7.65. The number of carbonyl (C=O) groups is 2. The van der Waals surface area contributed by atoms with E-state index in [2.05, 4.69) is 5.32 Å². The Labute approximate surface area is 137 Å². The molecular formula is C16H29NO6. The molecule has 0 aromatic heterocycles. The Morgan fingerprint density at radius 1 is 1.22 bits per heavy atom. The van der Waals surface area contributed by atoms with Crippen LogP contribution in [0.1, 0.15) is 46.5 Å². The van der Waals surface area contributed by atoms with Gasteiger partial charge in [-0.15, -0.1) is 0 Å². The van der Waals surface area contributed by atoms with Crippen LogP contribution in [0.25, 0.3) is 0 Å². The number of aliphatic hydroxyl groups excluding tert-OH is 1. The highest BCUT2D eigenvalue weighted by Crippen LogP contribution is 2.42. The number of carboxylic acid groups (broad SMARTS) is 1. The van der Waals surface area contributed by atoms with Crippen LogP contribution >= 0.6 is 0 Å². The van der Waals surface area contributed by atoms with Crippen molar-refractivity contribution in [3.63, 3.8) is 0 Å². The Morgan fingerprint density at radius 2 is 1.87 bits per heavy atom. The van der Waals surface area contributed by atoms with E-state index in [0.717, 1.165) is 12.8 Å². The quantitative estimate of drug-likeness (QED) is 0.527. The number of amides is 1. The molecule has 0 spiro atoms. The molecule has 7 heteroatoms. The predicted molar refractivity (Wildman–Crippen MR) is 84.2 cm³/mol. The summed E-state index contributed by atoms with van der Waals surface area (Å²) in [6.45, 7) is 5.58. The van der Waals surface area contributed by atoms with E-state index < -0.39 is 23.1 Å². The van der Waals surface area contributed by atoms with Gasteiger partial charge in [0.1, 0.15) is 5.60 Å². The molecule has 1 atom stereocenters. The maximum Gasteiger partial charge on any atom is 0.407 e. The summed E-state index contributed by atoms with van der Waals surface area (Å²) >= 11 is 0. The largest absolute Gasteiger partial charge is 0.481 e. The van der Waals surface area contributed by atoms with Gasteiger partial charge in [0.2, 0.25) is 0 Å². The number of aliphatic hydroxyl groups is 1. The molecule has 0 heterocycles. The van der Waals surface area contributed by atoms with Crippen LogP contribution in [0.2, 0.25) is 0 Å². The summed E-state index contributed by atoms with van der Waals surface area (Å²) in [5.74, 6) is -0.544. The van der Waals surface area contributed by atoms with E-state index in [1.807, 2.05) is 0 Å². The fraction of sp³-hybridized carbons (Fsp3) is 0.875. The average molecular weight is 331 g/mol. The second kappa shape index (κ2) is 8.49. The molecule has 1 rings (SSSR count). The molecule has 0 radical (unpaired) electrons. The molecule has 3 N–H and O–H groups in total. The lowest BCUT2D eigenvalue weighted by Crippen LogP contribution is -2.45. The number of hydrogen-bond acceptors (Lipinski definition) is 5. The number of aliphatic carboxylic acids is 1. The van der Waals surface area contributed by atoms with E-state index in [0.29, 0.717) is 12.3 Å². The van der Waals surface area contributed by atoms with Crippen molar-refractivity contribution < 1.29 is 29.3 Å². The van der Waals surface area contributed by atoms with Crippen LogP contribution in [0.3, 0.4) is 0 Å². The van der Waals surface area contributed by atoms with Crippen molar-refractivity contribution in [2.75, 3.05) is 26.4 Å². The molecule has 1 fully saturated rings. The molecule has 1 saturated carbocycles. The fourth-order valence-electron chi connectivity index (χ4n) is 2.40. The van der Waals surface area contributed by atoms with Gasteiger partial charge in [0.15, 0.2) is 0 Å². The summed E-state index contributed by atoms with van der Waals surface area (Å²) in [6.07, 6.45) is 2.24. The third-order valence-corrected chi connectivity index (χ3v) is 3.76. The first-order valence-corrected chi connectivity index (χ1v) is 8.07. The molecule has 0 aromatic carbocycles. The summed E-state index contributed by atoms with van der Waals surface area (Å²) < 4.78 is 10.4. The van der Waals surface area contributed by atoms with Gasteiger partial charge in [-0.2, -0.15) is 0 Å². The lowest BCUT2D eigenvalue weighted by Gasteiger charge is -2.30. The van der Waals surface area contributed by atoms with Crippen LogP contribution in [-0.4, -0.2) is 54.2 Å². The molecule has 23 heavy (non-hydrogen) atoms. The number of rotatable bonds is 10. The number of nitrogens with one attached hydrogen (secondary N) is 1. The van der Waals surface area contributed by atoms with Gasteiger partial charge < -0.3 is 25.0 Å². The van der Waals surface area contributed by atoms with Crippen LogP contribution in [0, 0.1) is 11.3 Å². The standard InChI is InChI=1S/C16H29NO6/c1-15(2,3)23-14(21)17-11-16(13(19)20,10-12-4-5-12)6-8-22-9-7-18/h12,18H,4-11H2,1-3H3,(H,17,21)(H,19,20). The molecule has 1 aliphatic rings. The molecule has 0 aromatic rings. The lowest BCUT2D eigenvalue weighted by atomic mass is 9.79. The van der Waals surface area contributed by atoms with Gasteiger partial charge in [-0.05, 0) is 39.5 Å². The zero-order valence-corrected chi connectivity index (χ0v) is 14.3. The number of hydrogen-bond donors (Lipinski definition) is 3. The SMILES string of the molecule is CC(C)(C)OC(=O)NCC(CCOCCO)(CC1CC1)C(=O)O. The zero-order valence-electron chi connectivity index (χ0n) is 14.3. The lowest BCUT2D eigenvalue weighted by molar-refractivity contribution is -0.150. The van der Waals surface area contributed by atoms with E-state index in [1.54, 1.807) is 20.8 Å². The summed E-state index contributed by atoms with van der Waals surface area (Å²) in [5, 5.41) is 21.0. The molecule has 0 bridgehead atoms. The van der Waals surface area contributed by atoms with Gasteiger partial charge in [0, 0.05) is 13.2 Å². The molecule has 134 valence electrons. The van der Waals surface area contributed by atoms with Crippen molar-refractivity contribution in [3.05, 3.63) is 0 Å². The van der Waals surface area contributed by atoms with E-state index >= 15 is 0 Å². The van der Waals surface area contributed by atoms with Crippen LogP contribution < -0.4 is 5.32 Å². The first kappa shape index (κ1) is 19.7. The molecule has 1 unspecified atom stereocenters. The van der Waals surface area contributed by atoms with E-state index in [9.17, 15) is 14.7 Å². The minimum atomic E-state index is -1.06. The van der Waals surface area contributed by atoms with Crippen molar-refractivity contribution in [3.8, 4) is 0 Å². The summed E-state index contributed by atoms with van der Waals surface area (Å²) in [6, 6.07) is 0. The number of ether oxygens (including phenoxy) is 2. The summed E-state index contributed by atoms with van der Waals surface area (Å²) in [5.41, 5.74) is -1.69. The molecule has 1 amide bonds. The fourth-order valence-corrected chi connectivity index (χ4v) is 2.40. The first-order chi connectivity index (χ1) is 10.7. The highest BCUT2D eigenvalue weighted by Gasteiger charge is 2.43. The van der Waals surface area contributed by atoms with Gasteiger partial charge in [0.25, 0.3) is 0 Å². The predicted octanol–water partition coefficient (Wildman–Crippen LogP) is 1.78. The summed E-state index contributed by atoms with van der Waals surface area (Å²) in [4.78, 5) is 23.7. The van der Waals surface area contributed by atoms with Gasteiger partial charge >= 0.3 is 12.1 Å². The number of carbonyl (C=O) groups excluding carboxylic acids is 1. The Hall–Kier alpha value is -1.34. The molecule has 1 aliphatic carbocycles. The van der Waals surface area contributed by atoms with Gasteiger partial charge in [-0.1, -0.05) is 12.8 Å². The number of alkyl carbamates (subject to hydrolysis) is 1. The zero-order chi connectivity index (χ0) is 17.5. The normalized spacial score (nSPS) is 17.4. The van der Waals surface area contributed by atoms with Crippen LogP contribution in [-0.2, 0) is 14.3 Å².